The monoisotopic (exact) mass is 276 g/mol. The normalized spacial score (nSPS) is 16.0. The van der Waals surface area contributed by atoms with Crippen LogP contribution in [0.5, 0.6) is 5.75 Å². The number of para-hydroxylation sites is 1. The molecule has 0 aromatic heterocycles. The van der Waals surface area contributed by atoms with Gasteiger partial charge in [-0.05, 0) is 19.1 Å². The first-order valence-electron chi connectivity index (χ1n) is 6.76. The van der Waals surface area contributed by atoms with Crippen molar-refractivity contribution >= 4 is 11.7 Å². The van der Waals surface area contributed by atoms with E-state index in [4.69, 9.17) is 4.74 Å². The van der Waals surface area contributed by atoms with Crippen LogP contribution in [0.2, 0.25) is 0 Å². The minimum Gasteiger partial charge on any atom is -0.496 e. The van der Waals surface area contributed by atoms with Gasteiger partial charge in [0, 0.05) is 26.2 Å². The molecule has 0 saturated carbocycles. The van der Waals surface area contributed by atoms with Gasteiger partial charge >= 0.3 is 0 Å². The van der Waals surface area contributed by atoms with Gasteiger partial charge < -0.3 is 9.64 Å². The molecule has 1 saturated heterocycles. The number of benzene rings is 1. The Morgan fingerprint density at radius 3 is 2.40 bits per heavy atom. The van der Waals surface area contributed by atoms with Crippen molar-refractivity contribution in [3.8, 4) is 5.75 Å². The molecule has 108 valence electrons. The summed E-state index contributed by atoms with van der Waals surface area (Å²) in [7, 11) is 1.57. The number of hydrogen-bond acceptors (Lipinski definition) is 4. The van der Waals surface area contributed by atoms with Gasteiger partial charge in [-0.25, -0.2) is 0 Å². The third-order valence-electron chi connectivity index (χ3n) is 3.44. The van der Waals surface area contributed by atoms with Gasteiger partial charge in [0.1, 0.15) is 11.5 Å². The molecule has 20 heavy (non-hydrogen) atoms. The van der Waals surface area contributed by atoms with Gasteiger partial charge in [-0.3, -0.25) is 14.5 Å². The molecule has 1 aromatic rings. The quantitative estimate of drug-likeness (QED) is 0.824. The fraction of sp³-hybridized carbons (Fsp3) is 0.467. The van der Waals surface area contributed by atoms with Gasteiger partial charge in [-0.15, -0.1) is 0 Å². The van der Waals surface area contributed by atoms with Gasteiger partial charge in [0.2, 0.25) is 0 Å². The lowest BCUT2D eigenvalue weighted by Gasteiger charge is -2.34. The van der Waals surface area contributed by atoms with E-state index in [9.17, 15) is 9.59 Å². The van der Waals surface area contributed by atoms with Crippen molar-refractivity contribution in [3.05, 3.63) is 29.8 Å². The van der Waals surface area contributed by atoms with E-state index in [0.29, 0.717) is 30.9 Å². The number of Topliss-reactive ketones (excluding diaryl/α,β-unsaturated/α-hetero) is 1. The molecule has 1 aromatic carbocycles. The van der Waals surface area contributed by atoms with Crippen LogP contribution in [0.15, 0.2) is 24.3 Å². The zero-order valence-electron chi connectivity index (χ0n) is 12.0. The van der Waals surface area contributed by atoms with E-state index in [1.165, 1.54) is 0 Å². The summed E-state index contributed by atoms with van der Waals surface area (Å²) in [6, 6.07) is 7.25. The summed E-state index contributed by atoms with van der Waals surface area (Å²) in [6.45, 7) is 4.82. The zero-order chi connectivity index (χ0) is 14.5. The topological polar surface area (TPSA) is 49.9 Å². The van der Waals surface area contributed by atoms with Crippen LogP contribution < -0.4 is 4.74 Å². The van der Waals surface area contributed by atoms with E-state index in [1.54, 1.807) is 26.2 Å². The molecule has 0 atom stereocenters. The number of ether oxygens (including phenoxy) is 1. The molecule has 1 amide bonds. The number of carbonyl (C=O) groups is 2. The standard InChI is InChI=1S/C15H20N2O3/c1-12(18)11-16-7-9-17(10-8-16)15(19)13-5-3-4-6-14(13)20-2/h3-6H,7-11H2,1-2H3. The Hall–Kier alpha value is -1.88. The van der Waals surface area contributed by atoms with E-state index < -0.39 is 0 Å². The molecule has 0 radical (unpaired) electrons. The third kappa shape index (κ3) is 3.36. The molecule has 2 rings (SSSR count). The van der Waals surface area contributed by atoms with Crippen LogP contribution in [0.3, 0.4) is 0 Å². The highest BCUT2D eigenvalue weighted by Gasteiger charge is 2.24. The van der Waals surface area contributed by atoms with Crippen LogP contribution in [0.1, 0.15) is 17.3 Å². The van der Waals surface area contributed by atoms with Crippen LogP contribution >= 0.6 is 0 Å². The molecule has 5 nitrogen and oxygen atoms in total. The molecule has 1 aliphatic heterocycles. The van der Waals surface area contributed by atoms with Gasteiger partial charge in [0.05, 0.1) is 19.2 Å². The second-order valence-corrected chi connectivity index (χ2v) is 4.97. The van der Waals surface area contributed by atoms with Crippen LogP contribution in [0.25, 0.3) is 0 Å². The van der Waals surface area contributed by atoms with Crippen LogP contribution in [0, 0.1) is 0 Å². The van der Waals surface area contributed by atoms with E-state index in [2.05, 4.69) is 4.90 Å². The largest absolute Gasteiger partial charge is 0.496 e. The number of ketones is 1. The van der Waals surface area contributed by atoms with Crippen molar-refractivity contribution in [3.63, 3.8) is 0 Å². The van der Waals surface area contributed by atoms with Gasteiger partial charge in [0.15, 0.2) is 0 Å². The average Bonchev–Trinajstić information content (AvgIpc) is 2.46. The molecule has 0 spiro atoms. The minimum atomic E-state index is -0.00933. The Bertz CT molecular complexity index is 494. The van der Waals surface area contributed by atoms with Crippen molar-refractivity contribution in [1.29, 1.82) is 0 Å². The highest BCUT2D eigenvalue weighted by atomic mass is 16.5. The lowest BCUT2D eigenvalue weighted by molar-refractivity contribution is -0.118. The maximum Gasteiger partial charge on any atom is 0.257 e. The molecule has 0 unspecified atom stereocenters. The van der Waals surface area contributed by atoms with Crippen molar-refractivity contribution in [1.82, 2.24) is 9.80 Å². The zero-order valence-corrected chi connectivity index (χ0v) is 12.0. The first kappa shape index (κ1) is 14.5. The summed E-state index contributed by atoms with van der Waals surface area (Å²) >= 11 is 0. The molecule has 1 fully saturated rings. The van der Waals surface area contributed by atoms with Gasteiger partial charge in [-0.1, -0.05) is 12.1 Å². The van der Waals surface area contributed by atoms with Crippen molar-refractivity contribution < 1.29 is 14.3 Å². The summed E-state index contributed by atoms with van der Waals surface area (Å²) in [5.41, 5.74) is 0.593. The summed E-state index contributed by atoms with van der Waals surface area (Å²) < 4.78 is 5.23. The maximum atomic E-state index is 12.5. The Morgan fingerprint density at radius 1 is 1.15 bits per heavy atom. The number of rotatable bonds is 4. The summed E-state index contributed by atoms with van der Waals surface area (Å²) in [6.07, 6.45) is 0. The van der Waals surface area contributed by atoms with Gasteiger partial charge in [-0.2, -0.15) is 0 Å². The smallest absolute Gasteiger partial charge is 0.257 e. The number of carbonyl (C=O) groups excluding carboxylic acids is 2. The van der Waals surface area contributed by atoms with Crippen LogP contribution in [-0.4, -0.2) is 61.3 Å². The second kappa shape index (κ2) is 6.52. The van der Waals surface area contributed by atoms with Crippen molar-refractivity contribution in [2.75, 3.05) is 39.8 Å². The molecule has 0 bridgehead atoms. The SMILES string of the molecule is COc1ccccc1C(=O)N1CCN(CC(C)=O)CC1. The Labute approximate surface area is 119 Å². The molecule has 1 heterocycles. The van der Waals surface area contributed by atoms with Crippen LogP contribution in [-0.2, 0) is 4.79 Å². The third-order valence-corrected chi connectivity index (χ3v) is 3.44. The average molecular weight is 276 g/mol. The van der Waals surface area contributed by atoms with Crippen LogP contribution in [0.4, 0.5) is 0 Å². The molecular formula is C15H20N2O3. The number of piperazine rings is 1. The summed E-state index contributed by atoms with van der Waals surface area (Å²) in [4.78, 5) is 27.5. The second-order valence-electron chi connectivity index (χ2n) is 4.97. The molecule has 5 heteroatoms. The highest BCUT2D eigenvalue weighted by molar-refractivity contribution is 5.97. The predicted molar refractivity (Wildman–Crippen MR) is 76.0 cm³/mol. The van der Waals surface area contributed by atoms with E-state index in [0.717, 1.165) is 13.1 Å². The number of hydrogen-bond donors (Lipinski definition) is 0. The Morgan fingerprint density at radius 2 is 1.80 bits per heavy atom. The lowest BCUT2D eigenvalue weighted by Crippen LogP contribution is -2.49. The minimum absolute atomic E-state index is 0.00933. The van der Waals surface area contributed by atoms with E-state index in [1.807, 2.05) is 17.0 Å². The lowest BCUT2D eigenvalue weighted by atomic mass is 10.1. The number of amides is 1. The predicted octanol–water partition coefficient (Wildman–Crippen LogP) is 1.04. The Balaban J connectivity index is 2.00. The maximum absolute atomic E-state index is 12.5. The molecule has 0 aliphatic carbocycles. The van der Waals surface area contributed by atoms with Crippen molar-refractivity contribution in [2.45, 2.75) is 6.92 Å². The molecule has 0 N–H and O–H groups in total. The molecular weight excluding hydrogens is 256 g/mol. The first-order valence-corrected chi connectivity index (χ1v) is 6.76. The van der Waals surface area contributed by atoms with E-state index in [-0.39, 0.29) is 11.7 Å². The fourth-order valence-corrected chi connectivity index (χ4v) is 2.42. The summed E-state index contributed by atoms with van der Waals surface area (Å²) in [5, 5.41) is 0. The number of methoxy groups -OCH3 is 1. The highest BCUT2D eigenvalue weighted by Crippen LogP contribution is 2.20. The fourth-order valence-electron chi connectivity index (χ4n) is 2.42. The van der Waals surface area contributed by atoms with Gasteiger partial charge in [0.25, 0.3) is 5.91 Å². The first-order chi connectivity index (χ1) is 9.61. The summed E-state index contributed by atoms with van der Waals surface area (Å²) in [5.74, 6) is 0.753. The Kier molecular flexibility index (Phi) is 4.74. The molecule has 1 aliphatic rings. The van der Waals surface area contributed by atoms with Crippen molar-refractivity contribution in [2.24, 2.45) is 0 Å². The van der Waals surface area contributed by atoms with E-state index >= 15 is 0 Å². The number of nitrogens with zero attached hydrogens (tertiary/aromatic N) is 2.